The van der Waals surface area contributed by atoms with Gasteiger partial charge in [-0.3, -0.25) is 4.79 Å². The molecule has 4 rings (SSSR count). The number of nitrogens with one attached hydrogen (secondary N) is 1. The highest BCUT2D eigenvalue weighted by atomic mass is 16.5. The summed E-state index contributed by atoms with van der Waals surface area (Å²) >= 11 is 0. The van der Waals surface area contributed by atoms with E-state index in [1.165, 1.54) is 18.4 Å². The summed E-state index contributed by atoms with van der Waals surface area (Å²) in [5, 5.41) is 3.06. The number of carbonyl (C=O) groups is 1. The molecule has 0 spiro atoms. The van der Waals surface area contributed by atoms with E-state index >= 15 is 0 Å². The lowest BCUT2D eigenvalue weighted by Crippen LogP contribution is -2.31. The minimum absolute atomic E-state index is 0.135. The molecular weight excluding hydrogens is 300 g/mol. The van der Waals surface area contributed by atoms with Gasteiger partial charge in [0.2, 0.25) is 5.91 Å². The maximum Gasteiger partial charge on any atom is 0.222 e. The van der Waals surface area contributed by atoms with Crippen molar-refractivity contribution in [2.75, 3.05) is 26.2 Å². The van der Waals surface area contributed by atoms with Crippen molar-refractivity contribution in [2.45, 2.75) is 44.3 Å². The number of nitrogens with zero attached hydrogens (tertiary/aromatic N) is 1. The summed E-state index contributed by atoms with van der Waals surface area (Å²) in [6.45, 7) is 4.12. The van der Waals surface area contributed by atoms with Crippen LogP contribution in [-0.2, 0) is 16.0 Å². The first kappa shape index (κ1) is 16.1. The third-order valence-corrected chi connectivity index (χ3v) is 5.65. The van der Waals surface area contributed by atoms with Crippen molar-refractivity contribution < 1.29 is 9.53 Å². The molecule has 24 heavy (non-hydrogen) atoms. The Morgan fingerprint density at radius 1 is 1.21 bits per heavy atom. The monoisotopic (exact) mass is 328 g/mol. The minimum Gasteiger partial charge on any atom is -0.373 e. The van der Waals surface area contributed by atoms with Crippen molar-refractivity contribution in [3.05, 3.63) is 35.9 Å². The topological polar surface area (TPSA) is 41.6 Å². The molecule has 130 valence electrons. The second kappa shape index (κ2) is 7.24. The Labute approximate surface area is 144 Å². The Kier molecular flexibility index (Phi) is 4.86. The summed E-state index contributed by atoms with van der Waals surface area (Å²) in [4.78, 5) is 14.5. The number of likely N-dealkylation sites (tertiary alicyclic amines) is 1. The predicted molar refractivity (Wildman–Crippen MR) is 93.7 cm³/mol. The molecule has 0 aromatic heterocycles. The van der Waals surface area contributed by atoms with E-state index in [1.807, 2.05) is 0 Å². The maximum atomic E-state index is 12.0. The van der Waals surface area contributed by atoms with E-state index in [-0.39, 0.29) is 12.0 Å². The van der Waals surface area contributed by atoms with E-state index in [0.717, 1.165) is 44.9 Å². The second-order valence-corrected chi connectivity index (χ2v) is 7.74. The van der Waals surface area contributed by atoms with Gasteiger partial charge in [-0.2, -0.15) is 0 Å². The van der Waals surface area contributed by atoms with Crippen LogP contribution in [0.15, 0.2) is 30.3 Å². The molecule has 3 fully saturated rings. The van der Waals surface area contributed by atoms with Gasteiger partial charge >= 0.3 is 0 Å². The number of carbonyl (C=O) groups excluding carboxylic acids is 1. The van der Waals surface area contributed by atoms with E-state index in [0.29, 0.717) is 18.4 Å². The number of fused-ring (bicyclic) bond motifs is 1. The van der Waals surface area contributed by atoms with Crippen LogP contribution in [0, 0.1) is 11.8 Å². The molecule has 4 heteroatoms. The highest BCUT2D eigenvalue weighted by Gasteiger charge is 2.42. The minimum atomic E-state index is 0.135. The van der Waals surface area contributed by atoms with E-state index in [4.69, 9.17) is 4.74 Å². The molecule has 3 aliphatic rings. The Morgan fingerprint density at radius 2 is 2.04 bits per heavy atom. The zero-order valence-corrected chi connectivity index (χ0v) is 14.3. The van der Waals surface area contributed by atoms with Crippen LogP contribution in [0.25, 0.3) is 0 Å². The molecular formula is C20H28N2O2. The van der Waals surface area contributed by atoms with Crippen molar-refractivity contribution in [1.29, 1.82) is 0 Å². The van der Waals surface area contributed by atoms with Crippen molar-refractivity contribution in [1.82, 2.24) is 10.2 Å². The summed E-state index contributed by atoms with van der Waals surface area (Å²) in [5.74, 6) is 1.53. The number of ether oxygens (including phenoxy) is 1. The smallest absolute Gasteiger partial charge is 0.222 e. The third kappa shape index (κ3) is 4.17. The fraction of sp³-hybridized carbons (Fsp3) is 0.650. The van der Waals surface area contributed by atoms with E-state index in [1.54, 1.807) is 0 Å². The number of hydrogen-bond donors (Lipinski definition) is 1. The highest BCUT2D eigenvalue weighted by molar-refractivity contribution is 5.76. The molecule has 1 aromatic carbocycles. The lowest BCUT2D eigenvalue weighted by molar-refractivity contribution is -0.123. The standard InChI is InChI=1S/C20H28N2O2/c23-20(21-12-16-6-7-16)11-18-10-17-13-22(14-19(17)24-18)9-8-15-4-2-1-3-5-15/h1-5,16-19H,6-14H2,(H,21,23)/t17-,18+,19+/m1/s1. The van der Waals surface area contributed by atoms with Crippen LogP contribution in [0.4, 0.5) is 0 Å². The zero-order valence-electron chi connectivity index (χ0n) is 14.3. The first-order valence-electron chi connectivity index (χ1n) is 9.44. The SMILES string of the molecule is O=C(C[C@@H]1C[C@@H]2CN(CCc3ccccc3)C[C@@H]2O1)NCC1CC1. The van der Waals surface area contributed by atoms with Crippen LogP contribution in [0.2, 0.25) is 0 Å². The Hall–Kier alpha value is -1.39. The second-order valence-electron chi connectivity index (χ2n) is 7.74. The van der Waals surface area contributed by atoms with Gasteiger partial charge in [-0.05, 0) is 37.2 Å². The van der Waals surface area contributed by atoms with E-state index < -0.39 is 0 Å². The quantitative estimate of drug-likeness (QED) is 0.834. The van der Waals surface area contributed by atoms with Gasteiger partial charge in [-0.1, -0.05) is 30.3 Å². The first-order chi connectivity index (χ1) is 11.8. The molecule has 1 amide bonds. The van der Waals surface area contributed by atoms with Gasteiger partial charge in [0, 0.05) is 32.1 Å². The molecule has 2 heterocycles. The Bertz CT molecular complexity index is 544. The van der Waals surface area contributed by atoms with Gasteiger partial charge in [0.15, 0.2) is 0 Å². The lowest BCUT2D eigenvalue weighted by atomic mass is 10.0. The average molecular weight is 328 g/mol. The van der Waals surface area contributed by atoms with Crippen molar-refractivity contribution in [3.8, 4) is 0 Å². The van der Waals surface area contributed by atoms with Crippen LogP contribution in [0.1, 0.15) is 31.2 Å². The van der Waals surface area contributed by atoms with Gasteiger partial charge in [0.25, 0.3) is 0 Å². The van der Waals surface area contributed by atoms with Crippen molar-refractivity contribution in [3.63, 3.8) is 0 Å². The van der Waals surface area contributed by atoms with Crippen LogP contribution >= 0.6 is 0 Å². The van der Waals surface area contributed by atoms with Crippen molar-refractivity contribution >= 4 is 5.91 Å². The van der Waals surface area contributed by atoms with Gasteiger partial charge in [-0.25, -0.2) is 0 Å². The average Bonchev–Trinajstić information content (AvgIpc) is 3.24. The van der Waals surface area contributed by atoms with Gasteiger partial charge in [-0.15, -0.1) is 0 Å². The van der Waals surface area contributed by atoms with Gasteiger partial charge in [0.1, 0.15) is 0 Å². The predicted octanol–water partition coefficient (Wildman–Crippen LogP) is 2.23. The van der Waals surface area contributed by atoms with E-state index in [2.05, 4.69) is 40.5 Å². The van der Waals surface area contributed by atoms with Gasteiger partial charge in [0.05, 0.1) is 18.6 Å². The summed E-state index contributed by atoms with van der Waals surface area (Å²) in [5.41, 5.74) is 1.40. The van der Waals surface area contributed by atoms with Crippen LogP contribution in [0.5, 0.6) is 0 Å². The first-order valence-corrected chi connectivity index (χ1v) is 9.44. The summed E-state index contributed by atoms with van der Waals surface area (Å²) in [6, 6.07) is 10.7. The maximum absolute atomic E-state index is 12.0. The Morgan fingerprint density at radius 3 is 2.79 bits per heavy atom. The fourth-order valence-corrected chi connectivity index (χ4v) is 4.05. The molecule has 2 aliphatic heterocycles. The molecule has 0 bridgehead atoms. The largest absolute Gasteiger partial charge is 0.373 e. The molecule has 1 N–H and O–H groups in total. The van der Waals surface area contributed by atoms with E-state index in [9.17, 15) is 4.79 Å². The number of hydrogen-bond acceptors (Lipinski definition) is 3. The molecule has 4 nitrogen and oxygen atoms in total. The lowest BCUT2D eigenvalue weighted by Gasteiger charge is -2.19. The summed E-state index contributed by atoms with van der Waals surface area (Å²) < 4.78 is 6.16. The summed E-state index contributed by atoms with van der Waals surface area (Å²) in [6.07, 6.45) is 5.73. The van der Waals surface area contributed by atoms with Crippen molar-refractivity contribution in [2.24, 2.45) is 11.8 Å². The molecule has 3 atom stereocenters. The van der Waals surface area contributed by atoms with Crippen LogP contribution < -0.4 is 5.32 Å². The molecule has 1 aromatic rings. The summed E-state index contributed by atoms with van der Waals surface area (Å²) in [7, 11) is 0. The number of amides is 1. The fourth-order valence-electron chi connectivity index (χ4n) is 4.05. The number of benzene rings is 1. The van der Waals surface area contributed by atoms with Crippen LogP contribution in [0.3, 0.4) is 0 Å². The normalized spacial score (nSPS) is 29.6. The molecule has 2 saturated heterocycles. The third-order valence-electron chi connectivity index (χ3n) is 5.65. The van der Waals surface area contributed by atoms with Crippen LogP contribution in [-0.4, -0.2) is 49.2 Å². The molecule has 0 radical (unpaired) electrons. The van der Waals surface area contributed by atoms with Gasteiger partial charge < -0.3 is 15.0 Å². The zero-order chi connectivity index (χ0) is 16.4. The molecule has 1 aliphatic carbocycles. The molecule has 0 unspecified atom stereocenters. The Balaban J connectivity index is 1.17. The molecule has 1 saturated carbocycles. The number of rotatable bonds is 7. The highest BCUT2D eigenvalue weighted by Crippen LogP contribution is 2.34.